The van der Waals surface area contributed by atoms with Crippen molar-refractivity contribution in [1.29, 1.82) is 0 Å². The Labute approximate surface area is 124 Å². The summed E-state index contributed by atoms with van der Waals surface area (Å²) in [5.74, 6) is 0.432. The number of aromatic nitrogens is 2. The average Bonchev–Trinajstić information content (AvgIpc) is 2.39. The summed E-state index contributed by atoms with van der Waals surface area (Å²) in [7, 11) is 0. The van der Waals surface area contributed by atoms with Crippen LogP contribution in [-0.4, -0.2) is 15.5 Å². The molecule has 4 nitrogen and oxygen atoms in total. The highest BCUT2D eigenvalue weighted by atomic mass is 19.1. The lowest BCUT2D eigenvalue weighted by Crippen LogP contribution is -2.35. The van der Waals surface area contributed by atoms with Crippen LogP contribution < -0.4 is 10.6 Å². The molecule has 0 aliphatic rings. The Morgan fingerprint density at radius 2 is 1.86 bits per heavy atom. The molecule has 0 bridgehead atoms. The maximum atomic E-state index is 14.4. The van der Waals surface area contributed by atoms with E-state index in [2.05, 4.69) is 20.6 Å². The summed E-state index contributed by atoms with van der Waals surface area (Å²) in [5, 5.41) is 6.19. The van der Waals surface area contributed by atoms with Crippen molar-refractivity contribution in [3.8, 4) is 0 Å². The molecule has 2 aromatic rings. The second-order valence-electron chi connectivity index (χ2n) is 6.08. The molecule has 0 saturated heterocycles. The summed E-state index contributed by atoms with van der Waals surface area (Å²) in [6.07, 6.45) is 3.28. The first-order chi connectivity index (χ1) is 9.85. The first kappa shape index (κ1) is 15.4. The molecule has 0 aliphatic heterocycles. The van der Waals surface area contributed by atoms with Gasteiger partial charge in [0, 0.05) is 30.0 Å². The highest BCUT2D eigenvalue weighted by Crippen LogP contribution is 2.19. The number of halogens is 1. The van der Waals surface area contributed by atoms with Gasteiger partial charge in [0.15, 0.2) is 11.6 Å². The predicted molar refractivity (Wildman–Crippen MR) is 83.0 cm³/mol. The molecule has 2 heterocycles. The molecular weight excluding hydrogens is 267 g/mol. The Morgan fingerprint density at radius 1 is 1.14 bits per heavy atom. The summed E-state index contributed by atoms with van der Waals surface area (Å²) in [6, 6.07) is 5.42. The second kappa shape index (κ2) is 6.18. The molecule has 0 aliphatic carbocycles. The molecule has 5 heteroatoms. The van der Waals surface area contributed by atoms with Gasteiger partial charge in [-0.3, -0.25) is 0 Å². The van der Waals surface area contributed by atoms with Gasteiger partial charge in [-0.25, -0.2) is 14.4 Å². The van der Waals surface area contributed by atoms with Gasteiger partial charge in [-0.1, -0.05) is 0 Å². The largest absolute Gasteiger partial charge is 0.322 e. The average molecular weight is 288 g/mol. The number of nitrogens with zero attached hydrogens (tertiary/aromatic N) is 2. The van der Waals surface area contributed by atoms with E-state index in [0.717, 1.165) is 5.56 Å². The van der Waals surface area contributed by atoms with E-state index in [1.54, 1.807) is 18.5 Å². The molecule has 0 saturated carbocycles. The van der Waals surface area contributed by atoms with Crippen LogP contribution in [0, 0.1) is 12.7 Å². The van der Waals surface area contributed by atoms with E-state index in [4.69, 9.17) is 0 Å². The standard InChI is InChI=1S/C16H21FN4/c1-11-5-7-18-13(9-11)21-15-14(17)12(6-8-19-15)10-20-16(2,3)4/h5-9,20H,10H2,1-4H3,(H,18,19,21). The second-order valence-corrected chi connectivity index (χ2v) is 6.08. The van der Waals surface area contributed by atoms with Crippen LogP contribution in [0.2, 0.25) is 0 Å². The van der Waals surface area contributed by atoms with Crippen molar-refractivity contribution in [3.63, 3.8) is 0 Å². The fourth-order valence-corrected chi connectivity index (χ4v) is 1.79. The maximum absolute atomic E-state index is 14.4. The lowest BCUT2D eigenvalue weighted by Gasteiger charge is -2.21. The summed E-state index contributed by atoms with van der Waals surface area (Å²) in [5.41, 5.74) is 1.56. The first-order valence-corrected chi connectivity index (χ1v) is 6.93. The van der Waals surface area contributed by atoms with E-state index in [-0.39, 0.29) is 17.2 Å². The number of hydrogen-bond acceptors (Lipinski definition) is 4. The van der Waals surface area contributed by atoms with Crippen molar-refractivity contribution in [3.05, 3.63) is 47.5 Å². The molecule has 0 radical (unpaired) electrons. The molecule has 112 valence electrons. The van der Waals surface area contributed by atoms with Crippen LogP contribution in [0.1, 0.15) is 31.9 Å². The maximum Gasteiger partial charge on any atom is 0.170 e. The van der Waals surface area contributed by atoms with E-state index in [1.165, 1.54) is 0 Å². The Hall–Kier alpha value is -2.01. The Morgan fingerprint density at radius 3 is 2.52 bits per heavy atom. The zero-order valence-corrected chi connectivity index (χ0v) is 12.9. The number of nitrogens with one attached hydrogen (secondary N) is 2. The third-order valence-corrected chi connectivity index (χ3v) is 2.94. The smallest absolute Gasteiger partial charge is 0.170 e. The van der Waals surface area contributed by atoms with Gasteiger partial charge in [0.2, 0.25) is 0 Å². The Balaban J connectivity index is 2.17. The van der Waals surface area contributed by atoms with Crippen LogP contribution in [0.25, 0.3) is 0 Å². The minimum atomic E-state index is -0.349. The molecule has 21 heavy (non-hydrogen) atoms. The topological polar surface area (TPSA) is 49.8 Å². The van der Waals surface area contributed by atoms with Crippen molar-refractivity contribution in [2.75, 3.05) is 5.32 Å². The third-order valence-electron chi connectivity index (χ3n) is 2.94. The fraction of sp³-hybridized carbons (Fsp3) is 0.375. The highest BCUT2D eigenvalue weighted by molar-refractivity contribution is 5.53. The van der Waals surface area contributed by atoms with Crippen LogP contribution in [0.4, 0.5) is 16.0 Å². The molecule has 2 aromatic heterocycles. The van der Waals surface area contributed by atoms with E-state index in [9.17, 15) is 4.39 Å². The zero-order chi connectivity index (χ0) is 15.5. The van der Waals surface area contributed by atoms with Gasteiger partial charge in [0.25, 0.3) is 0 Å². The zero-order valence-electron chi connectivity index (χ0n) is 12.9. The first-order valence-electron chi connectivity index (χ1n) is 6.93. The SMILES string of the molecule is Cc1ccnc(Nc2nccc(CNC(C)(C)C)c2F)c1. The van der Waals surface area contributed by atoms with Crippen molar-refractivity contribution >= 4 is 11.6 Å². The Kier molecular flexibility index (Phi) is 4.53. The Bertz CT molecular complexity index is 620. The molecular formula is C16H21FN4. The summed E-state index contributed by atoms with van der Waals surface area (Å²) in [4.78, 5) is 8.21. The van der Waals surface area contributed by atoms with Crippen molar-refractivity contribution in [2.24, 2.45) is 0 Å². The highest BCUT2D eigenvalue weighted by Gasteiger charge is 2.13. The molecule has 2 rings (SSSR count). The quantitative estimate of drug-likeness (QED) is 0.903. The van der Waals surface area contributed by atoms with Crippen molar-refractivity contribution in [2.45, 2.75) is 39.8 Å². The lowest BCUT2D eigenvalue weighted by atomic mass is 10.1. The van der Waals surface area contributed by atoms with Crippen molar-refractivity contribution < 1.29 is 4.39 Å². The van der Waals surface area contributed by atoms with Crippen LogP contribution in [0.15, 0.2) is 30.6 Å². The molecule has 2 N–H and O–H groups in total. The molecule has 0 amide bonds. The van der Waals surface area contributed by atoms with Gasteiger partial charge >= 0.3 is 0 Å². The minimum absolute atomic E-state index is 0.0681. The lowest BCUT2D eigenvalue weighted by molar-refractivity contribution is 0.418. The number of pyridine rings is 2. The normalized spacial score (nSPS) is 11.5. The van der Waals surface area contributed by atoms with Gasteiger partial charge in [-0.2, -0.15) is 0 Å². The molecule has 0 unspecified atom stereocenters. The summed E-state index contributed by atoms with van der Waals surface area (Å²) >= 11 is 0. The fourth-order valence-electron chi connectivity index (χ4n) is 1.79. The van der Waals surface area contributed by atoms with E-state index in [1.807, 2.05) is 39.8 Å². The van der Waals surface area contributed by atoms with Crippen LogP contribution in [-0.2, 0) is 6.54 Å². The molecule has 0 aromatic carbocycles. The van der Waals surface area contributed by atoms with Gasteiger partial charge in [-0.15, -0.1) is 0 Å². The number of hydrogen-bond donors (Lipinski definition) is 2. The number of rotatable bonds is 4. The third kappa shape index (κ3) is 4.49. The number of anilines is 2. The van der Waals surface area contributed by atoms with Gasteiger partial charge < -0.3 is 10.6 Å². The monoisotopic (exact) mass is 288 g/mol. The van der Waals surface area contributed by atoms with E-state index in [0.29, 0.717) is 17.9 Å². The summed E-state index contributed by atoms with van der Waals surface area (Å²) < 4.78 is 14.4. The van der Waals surface area contributed by atoms with Gasteiger partial charge in [0.05, 0.1) is 0 Å². The molecule has 0 atom stereocenters. The van der Waals surface area contributed by atoms with E-state index < -0.39 is 0 Å². The van der Waals surface area contributed by atoms with Crippen molar-refractivity contribution in [1.82, 2.24) is 15.3 Å². The number of aryl methyl sites for hydroxylation is 1. The molecule has 0 spiro atoms. The summed E-state index contributed by atoms with van der Waals surface area (Å²) in [6.45, 7) is 8.54. The van der Waals surface area contributed by atoms with E-state index >= 15 is 0 Å². The predicted octanol–water partition coefficient (Wildman–Crippen LogP) is 3.56. The molecule has 0 fully saturated rings. The van der Waals surface area contributed by atoms with Crippen LogP contribution >= 0.6 is 0 Å². The van der Waals surface area contributed by atoms with Crippen LogP contribution in [0.3, 0.4) is 0 Å². The van der Waals surface area contributed by atoms with Gasteiger partial charge in [-0.05, 0) is 51.5 Å². The minimum Gasteiger partial charge on any atom is -0.322 e. The van der Waals surface area contributed by atoms with Gasteiger partial charge in [0.1, 0.15) is 5.82 Å². The van der Waals surface area contributed by atoms with Crippen LogP contribution in [0.5, 0.6) is 0 Å².